The highest BCUT2D eigenvalue weighted by Crippen LogP contribution is 2.36. The first-order chi connectivity index (χ1) is 9.76. The minimum Gasteiger partial charge on any atom is -0.326 e. The molecule has 1 saturated carbocycles. The molecule has 0 aromatic heterocycles. The largest absolute Gasteiger partial charge is 0.326 e. The Kier molecular flexibility index (Phi) is 4.98. The molecule has 1 atom stereocenters. The Hall–Kier alpha value is -0.620. The molecule has 0 bridgehead atoms. The predicted octanol–water partition coefficient (Wildman–Crippen LogP) is 3.05. The van der Waals surface area contributed by atoms with Crippen LogP contribution in [0.1, 0.15) is 45.1 Å². The van der Waals surface area contributed by atoms with Crippen molar-refractivity contribution in [3.63, 3.8) is 0 Å². The van der Waals surface area contributed by atoms with E-state index in [1.807, 2.05) is 0 Å². The second kappa shape index (κ2) is 6.24. The molecule has 0 amide bonds. The van der Waals surface area contributed by atoms with Crippen LogP contribution in [0.2, 0.25) is 5.02 Å². The van der Waals surface area contributed by atoms with Gasteiger partial charge in [-0.05, 0) is 36.0 Å². The highest BCUT2D eigenvalue weighted by Gasteiger charge is 2.35. The summed E-state index contributed by atoms with van der Waals surface area (Å²) in [4.78, 5) is 0.128. The molecule has 0 saturated heterocycles. The molecule has 0 spiro atoms. The van der Waals surface area contributed by atoms with Crippen LogP contribution in [-0.2, 0) is 16.6 Å². The lowest BCUT2D eigenvalue weighted by atomic mass is 9.74. The van der Waals surface area contributed by atoms with Gasteiger partial charge in [0.05, 0.1) is 5.02 Å². The van der Waals surface area contributed by atoms with Gasteiger partial charge in [-0.25, -0.2) is 13.1 Å². The van der Waals surface area contributed by atoms with Crippen molar-refractivity contribution in [2.24, 2.45) is 11.1 Å². The van der Waals surface area contributed by atoms with Crippen molar-refractivity contribution in [2.75, 3.05) is 0 Å². The fourth-order valence-corrected chi connectivity index (χ4v) is 4.86. The van der Waals surface area contributed by atoms with Crippen LogP contribution < -0.4 is 10.5 Å². The predicted molar refractivity (Wildman–Crippen MR) is 85.7 cm³/mol. The third kappa shape index (κ3) is 3.77. The summed E-state index contributed by atoms with van der Waals surface area (Å²) in [7, 11) is -3.61. The molecule has 0 radical (unpaired) electrons. The molecule has 21 heavy (non-hydrogen) atoms. The van der Waals surface area contributed by atoms with Crippen molar-refractivity contribution in [1.82, 2.24) is 4.72 Å². The maximum atomic E-state index is 12.6. The van der Waals surface area contributed by atoms with Gasteiger partial charge in [0.15, 0.2) is 0 Å². The number of halogens is 1. The van der Waals surface area contributed by atoms with Crippen molar-refractivity contribution in [3.05, 3.63) is 28.8 Å². The van der Waals surface area contributed by atoms with Gasteiger partial charge in [-0.2, -0.15) is 0 Å². The van der Waals surface area contributed by atoms with Crippen molar-refractivity contribution in [3.8, 4) is 0 Å². The zero-order valence-electron chi connectivity index (χ0n) is 12.5. The van der Waals surface area contributed by atoms with E-state index in [2.05, 4.69) is 18.6 Å². The molecule has 4 nitrogen and oxygen atoms in total. The third-order valence-electron chi connectivity index (χ3n) is 4.33. The lowest BCUT2D eigenvalue weighted by molar-refractivity contribution is 0.188. The summed E-state index contributed by atoms with van der Waals surface area (Å²) in [6, 6.07) is 4.79. The van der Waals surface area contributed by atoms with E-state index in [0.29, 0.717) is 6.54 Å². The number of hydrogen-bond donors (Lipinski definition) is 2. The second-order valence-corrected chi connectivity index (χ2v) is 8.47. The molecule has 1 aliphatic rings. The molecule has 3 N–H and O–H groups in total. The van der Waals surface area contributed by atoms with E-state index in [4.69, 9.17) is 17.3 Å². The summed E-state index contributed by atoms with van der Waals surface area (Å²) < 4.78 is 28.0. The van der Waals surface area contributed by atoms with E-state index in [-0.39, 0.29) is 21.4 Å². The average molecular weight is 331 g/mol. The average Bonchev–Trinajstić information content (AvgIpc) is 2.40. The standard InChI is InChI=1S/C15H23ClN2O2S/c1-15(2)8-4-3-5-14(15)18-21(19,20)13-7-6-11(10-17)9-12(13)16/h6-7,9,14,18H,3-5,8,10,17H2,1-2H3. The Morgan fingerprint density at radius 2 is 2.10 bits per heavy atom. The maximum absolute atomic E-state index is 12.6. The first-order valence-electron chi connectivity index (χ1n) is 7.27. The maximum Gasteiger partial charge on any atom is 0.242 e. The van der Waals surface area contributed by atoms with E-state index in [9.17, 15) is 8.42 Å². The third-order valence-corrected chi connectivity index (χ3v) is 6.28. The van der Waals surface area contributed by atoms with Crippen LogP contribution in [-0.4, -0.2) is 14.5 Å². The van der Waals surface area contributed by atoms with Gasteiger partial charge in [0.1, 0.15) is 4.90 Å². The van der Waals surface area contributed by atoms with E-state index >= 15 is 0 Å². The Morgan fingerprint density at radius 3 is 2.67 bits per heavy atom. The van der Waals surface area contributed by atoms with Crippen molar-refractivity contribution < 1.29 is 8.42 Å². The van der Waals surface area contributed by atoms with Crippen molar-refractivity contribution >= 4 is 21.6 Å². The molecule has 0 heterocycles. The SMILES string of the molecule is CC1(C)CCCCC1NS(=O)(=O)c1ccc(CN)cc1Cl. The van der Waals surface area contributed by atoms with Crippen LogP contribution in [0.15, 0.2) is 23.1 Å². The summed E-state index contributed by atoms with van der Waals surface area (Å²) in [5, 5.41) is 0.221. The van der Waals surface area contributed by atoms with E-state index in [0.717, 1.165) is 31.2 Å². The Bertz CT molecular complexity index is 614. The second-order valence-electron chi connectivity index (χ2n) is 6.38. The Balaban J connectivity index is 2.26. The first-order valence-corrected chi connectivity index (χ1v) is 9.13. The number of sulfonamides is 1. The molecule has 2 rings (SSSR count). The van der Waals surface area contributed by atoms with Crippen LogP contribution in [0.4, 0.5) is 0 Å². The minimum atomic E-state index is -3.61. The van der Waals surface area contributed by atoms with Gasteiger partial charge in [-0.15, -0.1) is 0 Å². The molecular weight excluding hydrogens is 308 g/mol. The van der Waals surface area contributed by atoms with Gasteiger partial charge in [-0.3, -0.25) is 0 Å². The number of nitrogens with one attached hydrogen (secondary N) is 1. The Labute approximate surface area is 132 Å². The quantitative estimate of drug-likeness (QED) is 0.891. The van der Waals surface area contributed by atoms with Crippen molar-refractivity contribution in [2.45, 2.75) is 57.0 Å². The number of nitrogens with two attached hydrogens (primary N) is 1. The van der Waals surface area contributed by atoms with Crippen LogP contribution in [0.3, 0.4) is 0 Å². The summed E-state index contributed by atoms with van der Waals surface area (Å²) in [6.07, 6.45) is 4.10. The number of rotatable bonds is 4. The van der Waals surface area contributed by atoms with Gasteiger partial charge in [0.2, 0.25) is 10.0 Å². The fourth-order valence-electron chi connectivity index (χ4n) is 2.85. The molecule has 6 heteroatoms. The molecular formula is C15H23ClN2O2S. The van der Waals surface area contributed by atoms with Gasteiger partial charge >= 0.3 is 0 Å². The fraction of sp³-hybridized carbons (Fsp3) is 0.600. The van der Waals surface area contributed by atoms with E-state index < -0.39 is 10.0 Å². The van der Waals surface area contributed by atoms with Crippen molar-refractivity contribution in [1.29, 1.82) is 0 Å². The zero-order valence-corrected chi connectivity index (χ0v) is 14.1. The number of benzene rings is 1. The van der Waals surface area contributed by atoms with Gasteiger partial charge in [0, 0.05) is 12.6 Å². The first kappa shape index (κ1) is 16.7. The monoisotopic (exact) mass is 330 g/mol. The lowest BCUT2D eigenvalue weighted by Gasteiger charge is -2.38. The van der Waals surface area contributed by atoms with E-state index in [1.165, 1.54) is 6.07 Å². The van der Waals surface area contributed by atoms with Crippen LogP contribution >= 0.6 is 11.6 Å². The molecule has 1 aliphatic carbocycles. The topological polar surface area (TPSA) is 72.2 Å². The highest BCUT2D eigenvalue weighted by atomic mass is 35.5. The molecule has 1 fully saturated rings. The molecule has 1 aromatic rings. The van der Waals surface area contributed by atoms with E-state index in [1.54, 1.807) is 12.1 Å². The summed E-state index contributed by atoms with van der Waals surface area (Å²) in [6.45, 7) is 4.56. The number of hydrogen-bond acceptors (Lipinski definition) is 3. The summed E-state index contributed by atoms with van der Waals surface area (Å²) in [5.74, 6) is 0. The van der Waals surface area contributed by atoms with Crippen LogP contribution in [0.25, 0.3) is 0 Å². The molecule has 118 valence electrons. The smallest absolute Gasteiger partial charge is 0.242 e. The summed E-state index contributed by atoms with van der Waals surface area (Å²) >= 11 is 6.11. The van der Waals surface area contributed by atoms with Crippen LogP contribution in [0, 0.1) is 5.41 Å². The zero-order chi connectivity index (χ0) is 15.7. The molecule has 0 aliphatic heterocycles. The minimum absolute atomic E-state index is 0.0327. The summed E-state index contributed by atoms with van der Waals surface area (Å²) in [5.41, 5.74) is 6.32. The molecule has 1 unspecified atom stereocenters. The lowest BCUT2D eigenvalue weighted by Crippen LogP contribution is -2.46. The molecule has 1 aromatic carbocycles. The van der Waals surface area contributed by atoms with Gasteiger partial charge < -0.3 is 5.73 Å². The Morgan fingerprint density at radius 1 is 1.38 bits per heavy atom. The normalized spacial score (nSPS) is 22.2. The highest BCUT2D eigenvalue weighted by molar-refractivity contribution is 7.89. The van der Waals surface area contributed by atoms with Crippen LogP contribution in [0.5, 0.6) is 0 Å². The van der Waals surface area contributed by atoms with Gasteiger partial charge in [0.25, 0.3) is 0 Å². The van der Waals surface area contributed by atoms with Gasteiger partial charge in [-0.1, -0.05) is 44.4 Å².